The molecule has 0 bridgehead atoms. The molecule has 0 aliphatic carbocycles. The van der Waals surface area contributed by atoms with Gasteiger partial charge in [0.1, 0.15) is 11.6 Å². The molecule has 0 aliphatic rings. The molecule has 6 heteroatoms. The van der Waals surface area contributed by atoms with Gasteiger partial charge in [-0.1, -0.05) is 23.7 Å². The average molecular weight is 276 g/mol. The Labute approximate surface area is 107 Å². The molecule has 0 aliphatic heterocycles. The Morgan fingerprint density at radius 2 is 1.89 bits per heavy atom. The van der Waals surface area contributed by atoms with E-state index >= 15 is 0 Å². The van der Waals surface area contributed by atoms with Crippen LogP contribution in [0.25, 0.3) is 5.57 Å². The largest absolute Gasteiger partial charge is 0.488 e. The van der Waals surface area contributed by atoms with Gasteiger partial charge in [-0.3, -0.25) is 0 Å². The Morgan fingerprint density at radius 1 is 1.33 bits per heavy atom. The third-order valence-electron chi connectivity index (χ3n) is 2.02. The Bertz CT molecular complexity index is 486. The maximum atomic E-state index is 12.7. The minimum absolute atomic E-state index is 0.114. The van der Waals surface area contributed by atoms with Crippen molar-refractivity contribution in [2.24, 2.45) is 0 Å². The van der Waals surface area contributed by atoms with E-state index in [4.69, 9.17) is 16.9 Å². The molecule has 0 atom stereocenters. The minimum Gasteiger partial charge on any atom is -0.488 e. The zero-order valence-electron chi connectivity index (χ0n) is 9.38. The van der Waals surface area contributed by atoms with E-state index in [1.807, 2.05) is 0 Å². The van der Waals surface area contributed by atoms with Crippen molar-refractivity contribution in [1.29, 1.82) is 5.26 Å². The molecular weight excluding hydrogens is 267 g/mol. The van der Waals surface area contributed by atoms with Crippen LogP contribution in [-0.4, -0.2) is 12.8 Å². The first-order valence-corrected chi connectivity index (χ1v) is 5.38. The van der Waals surface area contributed by atoms with Crippen LogP contribution in [0.3, 0.4) is 0 Å². The molecule has 2 nitrogen and oxygen atoms in total. The highest BCUT2D eigenvalue weighted by Gasteiger charge is 2.39. The Hall–Kier alpha value is -1.67. The van der Waals surface area contributed by atoms with Crippen LogP contribution in [0.2, 0.25) is 5.02 Å². The van der Waals surface area contributed by atoms with Crippen molar-refractivity contribution in [3.05, 3.63) is 40.6 Å². The lowest BCUT2D eigenvalue weighted by Gasteiger charge is -2.14. The highest BCUT2D eigenvalue weighted by Crippen LogP contribution is 2.33. The third kappa shape index (κ3) is 3.41. The first-order chi connectivity index (χ1) is 8.40. The second-order valence-electron chi connectivity index (χ2n) is 3.25. The molecule has 0 aromatic heterocycles. The predicted octanol–water partition coefficient (Wildman–Crippen LogP) is 4.17. The molecule has 0 amide bonds. The summed E-state index contributed by atoms with van der Waals surface area (Å²) < 4.78 is 42.8. The zero-order valence-corrected chi connectivity index (χ0v) is 10.1. The van der Waals surface area contributed by atoms with Gasteiger partial charge in [0, 0.05) is 5.02 Å². The quantitative estimate of drug-likeness (QED) is 0.612. The Morgan fingerprint density at radius 3 is 2.28 bits per heavy atom. The number of nitrogens with zero attached hydrogens (tertiary/aromatic N) is 1. The fraction of sp³-hybridized carbons (Fsp3) is 0.250. The smallest absolute Gasteiger partial charge is 0.450 e. The van der Waals surface area contributed by atoms with Crippen LogP contribution in [0.1, 0.15) is 12.5 Å². The summed E-state index contributed by atoms with van der Waals surface area (Å²) in [5.41, 5.74) is -0.441. The SMILES string of the molecule is CCO/C(=C(\C#N)c1ccc(Cl)cc1)C(F)(F)F. The zero-order chi connectivity index (χ0) is 13.8. The number of alkyl halides is 3. The van der Waals surface area contributed by atoms with Crippen LogP contribution in [0.4, 0.5) is 13.2 Å². The van der Waals surface area contributed by atoms with Crippen LogP contribution >= 0.6 is 11.6 Å². The highest BCUT2D eigenvalue weighted by atomic mass is 35.5. The predicted molar refractivity (Wildman–Crippen MR) is 61.7 cm³/mol. The van der Waals surface area contributed by atoms with Crippen molar-refractivity contribution < 1.29 is 17.9 Å². The van der Waals surface area contributed by atoms with E-state index in [0.29, 0.717) is 5.02 Å². The highest BCUT2D eigenvalue weighted by molar-refractivity contribution is 6.30. The van der Waals surface area contributed by atoms with Gasteiger partial charge in [0.2, 0.25) is 5.76 Å². The molecule has 0 radical (unpaired) electrons. The summed E-state index contributed by atoms with van der Waals surface area (Å²) >= 11 is 5.64. The summed E-state index contributed by atoms with van der Waals surface area (Å²) in [5.74, 6) is -1.28. The van der Waals surface area contributed by atoms with Crippen molar-refractivity contribution in [2.75, 3.05) is 6.61 Å². The van der Waals surface area contributed by atoms with Gasteiger partial charge >= 0.3 is 6.18 Å². The van der Waals surface area contributed by atoms with E-state index in [2.05, 4.69) is 4.74 Å². The molecule has 0 N–H and O–H groups in total. The second-order valence-corrected chi connectivity index (χ2v) is 3.69. The van der Waals surface area contributed by atoms with Crippen molar-refractivity contribution in [3.63, 3.8) is 0 Å². The topological polar surface area (TPSA) is 33.0 Å². The molecule has 1 aromatic carbocycles. The molecular formula is C12H9ClF3NO. The van der Waals surface area contributed by atoms with Gasteiger partial charge in [-0.2, -0.15) is 18.4 Å². The summed E-state index contributed by atoms with van der Waals surface area (Å²) in [6, 6.07) is 7.02. The maximum Gasteiger partial charge on any atom is 0.450 e. The summed E-state index contributed by atoms with van der Waals surface area (Å²) in [6.07, 6.45) is -4.71. The van der Waals surface area contributed by atoms with Gasteiger partial charge in [-0.05, 0) is 24.6 Å². The van der Waals surface area contributed by atoms with Crippen molar-refractivity contribution >= 4 is 17.2 Å². The number of ether oxygens (including phenoxy) is 1. The van der Waals surface area contributed by atoms with E-state index in [9.17, 15) is 13.2 Å². The number of benzene rings is 1. The molecule has 0 fully saturated rings. The van der Waals surface area contributed by atoms with Crippen LogP contribution in [0, 0.1) is 11.3 Å². The van der Waals surface area contributed by atoms with Gasteiger partial charge in [-0.15, -0.1) is 0 Å². The molecule has 1 aromatic rings. The molecule has 0 saturated heterocycles. The third-order valence-corrected chi connectivity index (χ3v) is 2.27. The molecule has 96 valence electrons. The number of nitriles is 1. The minimum atomic E-state index is -4.71. The maximum absolute atomic E-state index is 12.7. The summed E-state index contributed by atoms with van der Waals surface area (Å²) in [4.78, 5) is 0. The van der Waals surface area contributed by atoms with Crippen molar-refractivity contribution in [3.8, 4) is 6.07 Å². The van der Waals surface area contributed by atoms with Gasteiger partial charge < -0.3 is 4.74 Å². The van der Waals surface area contributed by atoms with Gasteiger partial charge in [-0.25, -0.2) is 0 Å². The lowest BCUT2D eigenvalue weighted by atomic mass is 10.1. The molecule has 0 saturated carbocycles. The van der Waals surface area contributed by atoms with Crippen LogP contribution in [-0.2, 0) is 4.74 Å². The summed E-state index contributed by atoms with van der Waals surface area (Å²) in [6.45, 7) is 1.25. The van der Waals surface area contributed by atoms with Gasteiger partial charge in [0.05, 0.1) is 6.61 Å². The van der Waals surface area contributed by atoms with Crippen LogP contribution < -0.4 is 0 Å². The van der Waals surface area contributed by atoms with Gasteiger partial charge in [0.15, 0.2) is 0 Å². The normalized spacial score (nSPS) is 12.7. The fourth-order valence-electron chi connectivity index (χ4n) is 1.30. The first-order valence-electron chi connectivity index (χ1n) is 5.00. The van der Waals surface area contributed by atoms with E-state index < -0.39 is 17.5 Å². The van der Waals surface area contributed by atoms with E-state index in [1.54, 1.807) is 0 Å². The fourth-order valence-corrected chi connectivity index (χ4v) is 1.43. The first kappa shape index (κ1) is 14.4. The molecule has 0 heterocycles. The van der Waals surface area contributed by atoms with Crippen LogP contribution in [0.5, 0.6) is 0 Å². The van der Waals surface area contributed by atoms with Gasteiger partial charge in [0.25, 0.3) is 0 Å². The number of halogens is 4. The van der Waals surface area contributed by atoms with E-state index in [1.165, 1.54) is 37.3 Å². The average Bonchev–Trinajstić information content (AvgIpc) is 2.30. The Kier molecular flexibility index (Phi) is 4.62. The lowest BCUT2D eigenvalue weighted by Crippen LogP contribution is -2.16. The Balaban J connectivity index is 3.36. The number of rotatable bonds is 3. The summed E-state index contributed by atoms with van der Waals surface area (Å²) in [5, 5.41) is 9.26. The lowest BCUT2D eigenvalue weighted by molar-refractivity contribution is -0.128. The summed E-state index contributed by atoms with van der Waals surface area (Å²) in [7, 11) is 0. The number of hydrogen-bond acceptors (Lipinski definition) is 2. The molecule has 1 rings (SSSR count). The van der Waals surface area contributed by atoms with Crippen LogP contribution in [0.15, 0.2) is 30.0 Å². The van der Waals surface area contributed by atoms with Crippen molar-refractivity contribution in [2.45, 2.75) is 13.1 Å². The molecule has 0 unspecified atom stereocenters. The number of allylic oxidation sites excluding steroid dienone is 2. The monoisotopic (exact) mass is 275 g/mol. The standard InChI is InChI=1S/C12H9ClF3NO/c1-2-18-11(12(14,15)16)10(7-17)8-3-5-9(13)6-4-8/h3-6H,2H2,1H3/b11-10+. The van der Waals surface area contributed by atoms with E-state index in [-0.39, 0.29) is 12.2 Å². The van der Waals surface area contributed by atoms with Crippen molar-refractivity contribution in [1.82, 2.24) is 0 Å². The van der Waals surface area contributed by atoms with E-state index in [0.717, 1.165) is 0 Å². The number of hydrogen-bond donors (Lipinski definition) is 0. The molecule has 18 heavy (non-hydrogen) atoms. The molecule has 0 spiro atoms. The second kappa shape index (κ2) is 5.78.